The largest absolute Gasteiger partial charge is 0.399 e. The first-order chi connectivity index (χ1) is 10.3. The van der Waals surface area contributed by atoms with Crippen molar-refractivity contribution in [1.82, 2.24) is 4.98 Å². The van der Waals surface area contributed by atoms with Crippen molar-refractivity contribution in [1.29, 1.82) is 0 Å². The van der Waals surface area contributed by atoms with E-state index >= 15 is 0 Å². The molecule has 0 aliphatic heterocycles. The summed E-state index contributed by atoms with van der Waals surface area (Å²) in [7, 11) is 0. The molecule has 2 N–H and O–H groups in total. The van der Waals surface area contributed by atoms with Crippen LogP contribution in [0.5, 0.6) is 0 Å². The van der Waals surface area contributed by atoms with Gasteiger partial charge in [0.15, 0.2) is 0 Å². The first-order valence-electron chi connectivity index (χ1n) is 6.79. The number of nitrogen functional groups attached to an aromatic ring is 1. The maximum atomic E-state index is 5.71. The van der Waals surface area contributed by atoms with Crippen LogP contribution in [0.15, 0.2) is 64.9 Å². The van der Waals surface area contributed by atoms with Crippen LogP contribution in [0.4, 0.5) is 5.69 Å². The number of hydrogen-bond donors (Lipinski definition) is 1. The van der Waals surface area contributed by atoms with E-state index in [1.54, 1.807) is 11.3 Å². The number of rotatable bonds is 5. The van der Waals surface area contributed by atoms with Crippen molar-refractivity contribution in [2.75, 3.05) is 11.5 Å². The number of anilines is 1. The molecule has 1 heterocycles. The van der Waals surface area contributed by atoms with Crippen LogP contribution in [0.1, 0.15) is 5.01 Å². The fourth-order valence-corrected chi connectivity index (χ4v) is 3.80. The molecule has 0 fully saturated rings. The van der Waals surface area contributed by atoms with Gasteiger partial charge in [-0.3, -0.25) is 0 Å². The number of nitrogens with zero attached hydrogens (tertiary/aromatic N) is 1. The minimum absolute atomic E-state index is 0.786. The molecule has 3 aromatic rings. The first kappa shape index (κ1) is 14.2. The zero-order valence-electron chi connectivity index (χ0n) is 11.5. The Balaban J connectivity index is 1.59. The smallest absolute Gasteiger partial charge is 0.0940 e. The highest BCUT2D eigenvalue weighted by Gasteiger charge is 2.04. The Morgan fingerprint density at radius 1 is 1.00 bits per heavy atom. The third-order valence-electron chi connectivity index (χ3n) is 3.09. The van der Waals surface area contributed by atoms with Gasteiger partial charge in [0.05, 0.1) is 10.7 Å². The lowest BCUT2D eigenvalue weighted by atomic mass is 10.1. The summed E-state index contributed by atoms with van der Waals surface area (Å²) in [5, 5.41) is 3.30. The second kappa shape index (κ2) is 6.78. The first-order valence-corrected chi connectivity index (χ1v) is 8.66. The van der Waals surface area contributed by atoms with Crippen molar-refractivity contribution in [3.8, 4) is 11.3 Å². The lowest BCUT2D eigenvalue weighted by molar-refractivity contribution is 1.11. The summed E-state index contributed by atoms with van der Waals surface area (Å²) in [6.45, 7) is 0. The number of nitrogens with two attached hydrogens (primary N) is 1. The van der Waals surface area contributed by atoms with Crippen LogP contribution in [-0.2, 0) is 6.42 Å². The Morgan fingerprint density at radius 2 is 1.76 bits per heavy atom. The fraction of sp³-hybridized carbons (Fsp3) is 0.118. The molecule has 2 aromatic carbocycles. The molecular formula is C17H16N2S2. The summed E-state index contributed by atoms with van der Waals surface area (Å²) < 4.78 is 0. The van der Waals surface area contributed by atoms with Crippen LogP contribution >= 0.6 is 23.1 Å². The number of thiazole rings is 1. The third kappa shape index (κ3) is 3.86. The standard InChI is InChI=1S/C17H16N2S2/c18-14-8-6-13(7-9-14)16-12-21-17(19-16)10-11-20-15-4-2-1-3-5-15/h1-9,12H,10-11,18H2. The quantitative estimate of drug-likeness (QED) is 0.547. The monoisotopic (exact) mass is 312 g/mol. The molecule has 21 heavy (non-hydrogen) atoms. The Labute approximate surface area is 133 Å². The van der Waals surface area contributed by atoms with Gasteiger partial charge in [0.25, 0.3) is 0 Å². The highest BCUT2D eigenvalue weighted by atomic mass is 32.2. The molecule has 0 aliphatic rings. The van der Waals surface area contributed by atoms with Gasteiger partial charge in [0, 0.05) is 33.7 Å². The number of aryl methyl sites for hydroxylation is 1. The molecule has 0 aliphatic carbocycles. The van der Waals surface area contributed by atoms with E-state index < -0.39 is 0 Å². The van der Waals surface area contributed by atoms with Crippen molar-refractivity contribution in [3.05, 3.63) is 65.0 Å². The van der Waals surface area contributed by atoms with E-state index in [1.165, 1.54) is 9.90 Å². The average molecular weight is 312 g/mol. The maximum absolute atomic E-state index is 5.71. The van der Waals surface area contributed by atoms with Crippen molar-refractivity contribution in [3.63, 3.8) is 0 Å². The van der Waals surface area contributed by atoms with Gasteiger partial charge in [-0.15, -0.1) is 23.1 Å². The van der Waals surface area contributed by atoms with Gasteiger partial charge in [-0.1, -0.05) is 30.3 Å². The lowest BCUT2D eigenvalue weighted by Crippen LogP contribution is -1.88. The van der Waals surface area contributed by atoms with Crippen LogP contribution in [0.2, 0.25) is 0 Å². The highest BCUT2D eigenvalue weighted by molar-refractivity contribution is 7.99. The lowest BCUT2D eigenvalue weighted by Gasteiger charge is -1.99. The van der Waals surface area contributed by atoms with Gasteiger partial charge < -0.3 is 5.73 Å². The molecule has 0 spiro atoms. The van der Waals surface area contributed by atoms with Crippen molar-refractivity contribution < 1.29 is 0 Å². The Kier molecular flexibility index (Phi) is 4.58. The minimum Gasteiger partial charge on any atom is -0.399 e. The van der Waals surface area contributed by atoms with E-state index in [1.807, 2.05) is 42.1 Å². The van der Waals surface area contributed by atoms with Gasteiger partial charge >= 0.3 is 0 Å². The second-order valence-corrected chi connectivity index (χ2v) is 6.77. The topological polar surface area (TPSA) is 38.9 Å². The molecule has 0 unspecified atom stereocenters. The molecule has 2 nitrogen and oxygen atoms in total. The molecule has 0 atom stereocenters. The molecule has 3 rings (SSSR count). The number of benzene rings is 2. The normalized spacial score (nSPS) is 10.7. The van der Waals surface area contributed by atoms with Gasteiger partial charge in [0.1, 0.15) is 0 Å². The average Bonchev–Trinajstić information content (AvgIpc) is 2.98. The van der Waals surface area contributed by atoms with E-state index in [0.717, 1.165) is 29.1 Å². The summed E-state index contributed by atoms with van der Waals surface area (Å²) in [6.07, 6.45) is 0.999. The van der Waals surface area contributed by atoms with Crippen molar-refractivity contribution in [2.45, 2.75) is 11.3 Å². The Bertz CT molecular complexity index is 690. The van der Waals surface area contributed by atoms with Crippen LogP contribution in [-0.4, -0.2) is 10.7 Å². The van der Waals surface area contributed by atoms with Crippen LogP contribution in [0.3, 0.4) is 0 Å². The summed E-state index contributed by atoms with van der Waals surface area (Å²) in [4.78, 5) is 6.02. The number of hydrogen-bond acceptors (Lipinski definition) is 4. The number of aromatic nitrogens is 1. The third-order valence-corrected chi connectivity index (χ3v) is 5.01. The molecule has 0 radical (unpaired) electrons. The molecule has 1 aromatic heterocycles. The van der Waals surface area contributed by atoms with E-state index in [2.05, 4.69) is 29.6 Å². The van der Waals surface area contributed by atoms with Gasteiger partial charge in [-0.05, 0) is 24.3 Å². The summed E-state index contributed by atoms with van der Waals surface area (Å²) in [6, 6.07) is 18.4. The maximum Gasteiger partial charge on any atom is 0.0940 e. The predicted molar refractivity (Wildman–Crippen MR) is 92.8 cm³/mol. The van der Waals surface area contributed by atoms with E-state index in [-0.39, 0.29) is 0 Å². The second-order valence-electron chi connectivity index (χ2n) is 4.66. The van der Waals surface area contributed by atoms with Gasteiger partial charge in [-0.2, -0.15) is 0 Å². The highest BCUT2D eigenvalue weighted by Crippen LogP contribution is 2.24. The molecule has 4 heteroatoms. The zero-order valence-corrected chi connectivity index (χ0v) is 13.2. The minimum atomic E-state index is 0.786. The molecule has 0 saturated heterocycles. The predicted octanol–water partition coefficient (Wildman–Crippen LogP) is 4.73. The summed E-state index contributed by atoms with van der Waals surface area (Å²) in [5.41, 5.74) is 8.66. The Hall–Kier alpha value is -1.78. The SMILES string of the molecule is Nc1ccc(-c2csc(CCSc3ccccc3)n2)cc1. The van der Waals surface area contributed by atoms with Crippen molar-refractivity contribution in [2.24, 2.45) is 0 Å². The van der Waals surface area contributed by atoms with Crippen LogP contribution in [0.25, 0.3) is 11.3 Å². The zero-order chi connectivity index (χ0) is 14.5. The molecule has 106 valence electrons. The summed E-state index contributed by atoms with van der Waals surface area (Å²) >= 11 is 3.60. The van der Waals surface area contributed by atoms with Crippen LogP contribution < -0.4 is 5.73 Å². The molecule has 0 amide bonds. The molecular weight excluding hydrogens is 296 g/mol. The van der Waals surface area contributed by atoms with Crippen molar-refractivity contribution >= 4 is 28.8 Å². The van der Waals surface area contributed by atoms with E-state index in [9.17, 15) is 0 Å². The van der Waals surface area contributed by atoms with E-state index in [4.69, 9.17) is 10.7 Å². The van der Waals surface area contributed by atoms with Crippen LogP contribution in [0, 0.1) is 0 Å². The summed E-state index contributed by atoms with van der Waals surface area (Å²) in [5.74, 6) is 1.05. The van der Waals surface area contributed by atoms with Gasteiger partial charge in [-0.25, -0.2) is 4.98 Å². The van der Waals surface area contributed by atoms with E-state index in [0.29, 0.717) is 0 Å². The van der Waals surface area contributed by atoms with Gasteiger partial charge in [0.2, 0.25) is 0 Å². The fourth-order valence-electron chi connectivity index (χ4n) is 1.99. The molecule has 0 saturated carbocycles. The Morgan fingerprint density at radius 3 is 2.52 bits per heavy atom. The number of thioether (sulfide) groups is 1. The molecule has 0 bridgehead atoms.